The van der Waals surface area contributed by atoms with Crippen LogP contribution in [-0.2, 0) is 12.8 Å². The first kappa shape index (κ1) is 20.6. The van der Waals surface area contributed by atoms with Gasteiger partial charge in [-0.2, -0.15) is 5.26 Å². The van der Waals surface area contributed by atoms with Crippen molar-refractivity contribution in [2.75, 3.05) is 13.7 Å². The molecule has 160 valence electrons. The van der Waals surface area contributed by atoms with E-state index >= 15 is 0 Å². The second-order valence-electron chi connectivity index (χ2n) is 7.92. The fourth-order valence-corrected chi connectivity index (χ4v) is 5.15. The van der Waals surface area contributed by atoms with E-state index in [4.69, 9.17) is 14.5 Å². The summed E-state index contributed by atoms with van der Waals surface area (Å²) >= 11 is 3.59. The summed E-state index contributed by atoms with van der Waals surface area (Å²) in [4.78, 5) is 8.45. The van der Waals surface area contributed by atoms with E-state index in [1.165, 1.54) is 16.5 Å². The maximum Gasteiger partial charge on any atom is 0.232 e. The largest absolute Gasteiger partial charge is 0.496 e. The van der Waals surface area contributed by atoms with Gasteiger partial charge in [0.2, 0.25) is 5.88 Å². The number of nitrogens with zero attached hydrogens (tertiary/aromatic N) is 2. The van der Waals surface area contributed by atoms with Gasteiger partial charge in [-0.15, -0.1) is 0 Å². The lowest BCUT2D eigenvalue weighted by atomic mass is 9.85. The zero-order valence-corrected chi connectivity index (χ0v) is 19.8. The molecule has 1 aliphatic rings. The summed E-state index contributed by atoms with van der Waals surface area (Å²) in [6.45, 7) is 4.45. The van der Waals surface area contributed by atoms with E-state index in [9.17, 15) is 5.26 Å². The lowest BCUT2D eigenvalue weighted by Gasteiger charge is -2.22. The van der Waals surface area contributed by atoms with Gasteiger partial charge in [-0.05, 0) is 83.6 Å². The Balaban J connectivity index is 1.83. The van der Waals surface area contributed by atoms with Gasteiger partial charge in [0.15, 0.2) is 0 Å². The Morgan fingerprint density at radius 2 is 1.97 bits per heavy atom. The Morgan fingerprint density at radius 1 is 1.16 bits per heavy atom. The van der Waals surface area contributed by atoms with Crippen LogP contribution in [0.1, 0.15) is 29.2 Å². The van der Waals surface area contributed by atoms with E-state index in [0.717, 1.165) is 56.7 Å². The molecule has 6 heteroatoms. The molecule has 1 aliphatic carbocycles. The van der Waals surface area contributed by atoms with Crippen molar-refractivity contribution < 1.29 is 9.47 Å². The van der Waals surface area contributed by atoms with Crippen molar-refractivity contribution in [2.24, 2.45) is 0 Å². The minimum absolute atomic E-state index is 0.373. The summed E-state index contributed by atoms with van der Waals surface area (Å²) in [7, 11) is 1.64. The SMILES string of the molecule is CCOc1nc2c(c(-c3ccc(OC)c(Br)c3)c1C#N)CCc1c-2[nH]c2ccc(C)cc12. The number of aromatic nitrogens is 2. The van der Waals surface area contributed by atoms with Gasteiger partial charge in [0, 0.05) is 16.5 Å². The summed E-state index contributed by atoms with van der Waals surface area (Å²) in [5.74, 6) is 1.12. The van der Waals surface area contributed by atoms with Crippen molar-refractivity contribution >= 4 is 26.8 Å². The quantitative estimate of drug-likeness (QED) is 0.364. The van der Waals surface area contributed by atoms with E-state index < -0.39 is 0 Å². The Labute approximate surface area is 195 Å². The van der Waals surface area contributed by atoms with Gasteiger partial charge in [0.25, 0.3) is 0 Å². The average molecular weight is 488 g/mol. The fraction of sp³-hybridized carbons (Fsp3) is 0.231. The number of benzene rings is 2. The molecule has 0 fully saturated rings. The normalized spacial score (nSPS) is 12.2. The van der Waals surface area contributed by atoms with Gasteiger partial charge >= 0.3 is 0 Å². The molecule has 0 amide bonds. The molecule has 32 heavy (non-hydrogen) atoms. The van der Waals surface area contributed by atoms with Crippen molar-refractivity contribution in [1.29, 1.82) is 5.26 Å². The molecule has 2 aromatic carbocycles. The third kappa shape index (κ3) is 3.16. The number of nitriles is 1. The Bertz CT molecular complexity index is 1420. The maximum atomic E-state index is 10.1. The highest BCUT2D eigenvalue weighted by Crippen LogP contribution is 2.45. The van der Waals surface area contributed by atoms with Crippen molar-refractivity contribution in [3.05, 3.63) is 63.1 Å². The van der Waals surface area contributed by atoms with Crippen LogP contribution in [0.15, 0.2) is 40.9 Å². The average Bonchev–Trinajstić information content (AvgIpc) is 3.16. The van der Waals surface area contributed by atoms with Gasteiger partial charge in [-0.25, -0.2) is 4.98 Å². The third-order valence-electron chi connectivity index (χ3n) is 6.02. The summed E-state index contributed by atoms with van der Waals surface area (Å²) in [5, 5.41) is 11.3. The molecule has 5 rings (SSSR count). The monoisotopic (exact) mass is 487 g/mol. The topological polar surface area (TPSA) is 70.9 Å². The number of aryl methyl sites for hydroxylation is 2. The fourth-order valence-electron chi connectivity index (χ4n) is 4.61. The molecule has 0 saturated carbocycles. The molecule has 0 saturated heterocycles. The number of halogens is 1. The minimum Gasteiger partial charge on any atom is -0.496 e. The van der Waals surface area contributed by atoms with Gasteiger partial charge in [-0.3, -0.25) is 0 Å². The lowest BCUT2D eigenvalue weighted by Crippen LogP contribution is -2.11. The number of methoxy groups -OCH3 is 1. The maximum absolute atomic E-state index is 10.1. The molecule has 2 aromatic heterocycles. The first-order valence-corrected chi connectivity index (χ1v) is 11.4. The zero-order chi connectivity index (χ0) is 22.4. The molecular weight excluding hydrogens is 466 g/mol. The summed E-state index contributed by atoms with van der Waals surface area (Å²) in [6.07, 6.45) is 1.69. The Hall–Kier alpha value is -3.30. The molecule has 0 radical (unpaired) electrons. The highest BCUT2D eigenvalue weighted by atomic mass is 79.9. The molecule has 2 heterocycles. The molecule has 0 unspecified atom stereocenters. The van der Waals surface area contributed by atoms with Gasteiger partial charge in [-0.1, -0.05) is 17.7 Å². The summed E-state index contributed by atoms with van der Waals surface area (Å²) < 4.78 is 12.1. The molecule has 0 aliphatic heterocycles. The number of hydrogen-bond donors (Lipinski definition) is 1. The first-order chi connectivity index (χ1) is 15.5. The number of H-pyrrole nitrogens is 1. The van der Waals surface area contributed by atoms with Crippen molar-refractivity contribution in [1.82, 2.24) is 9.97 Å². The second-order valence-corrected chi connectivity index (χ2v) is 8.77. The van der Waals surface area contributed by atoms with Crippen LogP contribution in [0.2, 0.25) is 0 Å². The highest BCUT2D eigenvalue weighted by molar-refractivity contribution is 9.10. The second kappa shape index (κ2) is 7.99. The van der Waals surface area contributed by atoms with E-state index in [-0.39, 0.29) is 0 Å². The standard InChI is InChI=1S/C26H22BrN3O2/c1-4-32-26-19(13-28)23(15-6-10-22(31-3)20(27)12-15)17-8-7-16-18-11-14(2)5-9-21(18)29-24(16)25(17)30-26/h5-6,9-12,29H,4,7-8H2,1-3H3. The molecule has 5 nitrogen and oxygen atoms in total. The number of aromatic amines is 1. The van der Waals surface area contributed by atoms with Crippen LogP contribution in [0.5, 0.6) is 11.6 Å². The predicted molar refractivity (Wildman–Crippen MR) is 129 cm³/mol. The minimum atomic E-state index is 0.373. The summed E-state index contributed by atoms with van der Waals surface area (Å²) in [6, 6.07) is 14.7. The number of pyridine rings is 1. The number of ether oxygens (including phenoxy) is 2. The van der Waals surface area contributed by atoms with Crippen molar-refractivity contribution in [3.8, 4) is 40.2 Å². The Kier molecular flexibility index (Phi) is 5.15. The van der Waals surface area contributed by atoms with Gasteiger partial charge < -0.3 is 14.5 Å². The number of hydrogen-bond acceptors (Lipinski definition) is 4. The predicted octanol–water partition coefficient (Wildman–Crippen LogP) is 6.35. The van der Waals surface area contributed by atoms with Crippen molar-refractivity contribution in [3.63, 3.8) is 0 Å². The molecule has 4 aromatic rings. The Morgan fingerprint density at radius 3 is 2.69 bits per heavy atom. The van der Waals surface area contributed by atoms with E-state index in [2.05, 4.69) is 52.1 Å². The van der Waals surface area contributed by atoms with Crippen LogP contribution in [0.3, 0.4) is 0 Å². The molecule has 0 bridgehead atoms. The van der Waals surface area contributed by atoms with E-state index in [0.29, 0.717) is 18.1 Å². The van der Waals surface area contributed by atoms with Crippen LogP contribution in [0.25, 0.3) is 33.4 Å². The highest BCUT2D eigenvalue weighted by Gasteiger charge is 2.29. The van der Waals surface area contributed by atoms with Crippen LogP contribution < -0.4 is 9.47 Å². The van der Waals surface area contributed by atoms with Crippen LogP contribution >= 0.6 is 15.9 Å². The van der Waals surface area contributed by atoms with Gasteiger partial charge in [0.1, 0.15) is 17.4 Å². The number of rotatable bonds is 4. The van der Waals surface area contributed by atoms with Gasteiger partial charge in [0.05, 0.1) is 29.6 Å². The number of nitrogens with one attached hydrogen (secondary N) is 1. The van der Waals surface area contributed by atoms with Crippen LogP contribution in [0.4, 0.5) is 0 Å². The van der Waals surface area contributed by atoms with E-state index in [1.54, 1.807) is 7.11 Å². The number of fused-ring (bicyclic) bond motifs is 5. The third-order valence-corrected chi connectivity index (χ3v) is 6.64. The zero-order valence-electron chi connectivity index (χ0n) is 18.2. The molecule has 0 atom stereocenters. The van der Waals surface area contributed by atoms with Crippen LogP contribution in [-0.4, -0.2) is 23.7 Å². The smallest absolute Gasteiger partial charge is 0.232 e. The molecule has 0 spiro atoms. The molecular formula is C26H22BrN3O2. The van der Waals surface area contributed by atoms with E-state index in [1.807, 2.05) is 25.1 Å². The van der Waals surface area contributed by atoms with Crippen LogP contribution in [0, 0.1) is 18.3 Å². The summed E-state index contributed by atoms with van der Waals surface area (Å²) in [5.41, 5.74) is 8.85. The molecule has 1 N–H and O–H groups in total. The van der Waals surface area contributed by atoms with Crippen molar-refractivity contribution in [2.45, 2.75) is 26.7 Å². The first-order valence-electron chi connectivity index (χ1n) is 10.6. The lowest BCUT2D eigenvalue weighted by molar-refractivity contribution is 0.326.